The molecule has 8 nitrogen and oxygen atoms in total. The van der Waals surface area contributed by atoms with Crippen LogP contribution < -0.4 is 15.4 Å². The number of nitrogens with one attached hydrogen (secondary N) is 2. The van der Waals surface area contributed by atoms with Gasteiger partial charge in [0.25, 0.3) is 11.8 Å². The molecule has 0 radical (unpaired) electrons. The standard InChI is InChI=1S/C21H18BrCl2N5O3S/c1-2-25-20(30)13-6-11(23)7-14(22)18(13)27-21(31)16-8-17(32-12-9-33-10-12)28-29(16)19-15(24)4-3-5-26-19/h3-8,12H,2,9-10H2,1H3,(H,25,30)(H,27,31). The number of anilines is 1. The summed E-state index contributed by atoms with van der Waals surface area (Å²) in [4.78, 5) is 30.2. The number of pyridine rings is 1. The third-order valence-electron chi connectivity index (χ3n) is 4.63. The molecular weight excluding hydrogens is 553 g/mol. The number of ether oxygens (including phenoxy) is 1. The van der Waals surface area contributed by atoms with Crippen molar-refractivity contribution in [2.45, 2.75) is 13.0 Å². The van der Waals surface area contributed by atoms with E-state index in [1.165, 1.54) is 16.8 Å². The molecule has 1 saturated heterocycles. The van der Waals surface area contributed by atoms with Gasteiger partial charge in [-0.05, 0) is 47.1 Å². The van der Waals surface area contributed by atoms with Crippen molar-refractivity contribution < 1.29 is 14.3 Å². The molecule has 0 spiro atoms. The van der Waals surface area contributed by atoms with Crippen LogP contribution in [-0.4, -0.2) is 50.7 Å². The Kier molecular flexibility index (Phi) is 7.48. The second-order valence-electron chi connectivity index (χ2n) is 6.99. The van der Waals surface area contributed by atoms with Crippen molar-refractivity contribution in [1.82, 2.24) is 20.1 Å². The molecule has 1 aromatic carbocycles. The number of amides is 2. The van der Waals surface area contributed by atoms with Crippen LogP contribution in [-0.2, 0) is 0 Å². The van der Waals surface area contributed by atoms with Crippen LogP contribution >= 0.6 is 50.9 Å². The third-order valence-corrected chi connectivity index (χ3v) is 6.98. The Morgan fingerprint density at radius 2 is 2.06 bits per heavy atom. The summed E-state index contributed by atoms with van der Waals surface area (Å²) < 4.78 is 7.65. The SMILES string of the molecule is CCNC(=O)c1cc(Cl)cc(Br)c1NC(=O)c1cc(OC2CSC2)nn1-c1ncccc1Cl. The van der Waals surface area contributed by atoms with Crippen LogP contribution in [0.3, 0.4) is 0 Å². The maximum Gasteiger partial charge on any atom is 0.274 e. The Labute approximate surface area is 212 Å². The molecule has 172 valence electrons. The van der Waals surface area contributed by atoms with Gasteiger partial charge in [0.15, 0.2) is 5.82 Å². The summed E-state index contributed by atoms with van der Waals surface area (Å²) in [5, 5.41) is 10.6. The Morgan fingerprint density at radius 1 is 1.27 bits per heavy atom. The fourth-order valence-corrected chi connectivity index (χ4v) is 4.71. The van der Waals surface area contributed by atoms with Crippen molar-refractivity contribution in [2.75, 3.05) is 23.4 Å². The number of benzene rings is 1. The second-order valence-corrected chi connectivity index (χ2v) is 9.76. The topological polar surface area (TPSA) is 98.1 Å². The lowest BCUT2D eigenvalue weighted by molar-refractivity contribution is 0.0956. The first-order valence-corrected chi connectivity index (χ1v) is 12.6. The van der Waals surface area contributed by atoms with Crippen molar-refractivity contribution >= 4 is 68.4 Å². The first-order valence-electron chi connectivity index (χ1n) is 9.91. The van der Waals surface area contributed by atoms with E-state index in [4.69, 9.17) is 27.9 Å². The van der Waals surface area contributed by atoms with E-state index >= 15 is 0 Å². The molecule has 1 aliphatic heterocycles. The van der Waals surface area contributed by atoms with Gasteiger partial charge >= 0.3 is 0 Å². The Morgan fingerprint density at radius 3 is 2.73 bits per heavy atom. The number of nitrogens with zero attached hydrogens (tertiary/aromatic N) is 3. The van der Waals surface area contributed by atoms with Gasteiger partial charge in [0.05, 0.1) is 16.3 Å². The van der Waals surface area contributed by atoms with Crippen LogP contribution in [0.15, 0.2) is 41.0 Å². The maximum absolute atomic E-state index is 13.4. The van der Waals surface area contributed by atoms with E-state index in [-0.39, 0.29) is 40.7 Å². The van der Waals surface area contributed by atoms with Crippen LogP contribution in [0.5, 0.6) is 5.88 Å². The first-order chi connectivity index (χ1) is 15.9. The van der Waals surface area contributed by atoms with Gasteiger partial charge in [-0.25, -0.2) is 9.67 Å². The average molecular weight is 571 g/mol. The van der Waals surface area contributed by atoms with E-state index in [1.54, 1.807) is 43.1 Å². The fraction of sp³-hybridized carbons (Fsp3) is 0.238. The summed E-state index contributed by atoms with van der Waals surface area (Å²) in [7, 11) is 0. The fourth-order valence-electron chi connectivity index (χ4n) is 3.04. The van der Waals surface area contributed by atoms with Crippen molar-refractivity contribution in [3.8, 4) is 11.7 Å². The summed E-state index contributed by atoms with van der Waals surface area (Å²) in [6.07, 6.45) is 1.58. The van der Waals surface area contributed by atoms with Crippen LogP contribution in [0.2, 0.25) is 10.0 Å². The highest BCUT2D eigenvalue weighted by Gasteiger charge is 2.26. The molecule has 2 amide bonds. The molecule has 0 unspecified atom stereocenters. The lowest BCUT2D eigenvalue weighted by atomic mass is 10.1. The largest absolute Gasteiger partial charge is 0.472 e. The van der Waals surface area contributed by atoms with Crippen molar-refractivity contribution in [3.63, 3.8) is 0 Å². The summed E-state index contributed by atoms with van der Waals surface area (Å²) in [5.74, 6) is 1.37. The first kappa shape index (κ1) is 23.9. The average Bonchev–Trinajstić information content (AvgIpc) is 3.17. The van der Waals surface area contributed by atoms with Gasteiger partial charge in [0, 0.05) is 39.8 Å². The van der Waals surface area contributed by atoms with Gasteiger partial charge in [-0.2, -0.15) is 11.8 Å². The van der Waals surface area contributed by atoms with E-state index < -0.39 is 5.91 Å². The Balaban J connectivity index is 1.73. The van der Waals surface area contributed by atoms with Crippen LogP contribution in [0.1, 0.15) is 27.8 Å². The molecule has 2 aromatic heterocycles. The zero-order valence-electron chi connectivity index (χ0n) is 17.3. The van der Waals surface area contributed by atoms with Crippen molar-refractivity contribution in [3.05, 3.63) is 62.3 Å². The molecular formula is C21H18BrCl2N5O3S. The zero-order valence-corrected chi connectivity index (χ0v) is 21.2. The normalized spacial score (nSPS) is 13.3. The summed E-state index contributed by atoms with van der Waals surface area (Å²) in [5.41, 5.74) is 0.629. The number of carbonyl (C=O) groups excluding carboxylic acids is 2. The molecule has 0 bridgehead atoms. The van der Waals surface area contributed by atoms with Crippen molar-refractivity contribution in [2.24, 2.45) is 0 Å². The van der Waals surface area contributed by atoms with E-state index in [2.05, 4.69) is 36.6 Å². The number of halogens is 3. The molecule has 0 aliphatic carbocycles. The summed E-state index contributed by atoms with van der Waals surface area (Å²) >= 11 is 17.6. The molecule has 3 aromatic rings. The minimum absolute atomic E-state index is 0.0308. The van der Waals surface area contributed by atoms with E-state index in [9.17, 15) is 9.59 Å². The van der Waals surface area contributed by atoms with Gasteiger partial charge in [0.2, 0.25) is 5.88 Å². The lowest BCUT2D eigenvalue weighted by Gasteiger charge is -2.24. The molecule has 1 fully saturated rings. The number of hydrogen-bond acceptors (Lipinski definition) is 6. The Bertz CT molecular complexity index is 1220. The number of hydrogen-bond donors (Lipinski definition) is 2. The quantitative estimate of drug-likeness (QED) is 0.422. The van der Waals surface area contributed by atoms with Gasteiger partial charge in [-0.15, -0.1) is 5.10 Å². The number of carbonyl (C=O) groups is 2. The Hall–Kier alpha value is -2.27. The van der Waals surface area contributed by atoms with Crippen molar-refractivity contribution in [1.29, 1.82) is 0 Å². The van der Waals surface area contributed by atoms with E-state index in [0.717, 1.165) is 11.5 Å². The predicted molar refractivity (Wildman–Crippen MR) is 133 cm³/mol. The van der Waals surface area contributed by atoms with E-state index in [1.807, 2.05) is 0 Å². The zero-order chi connectivity index (χ0) is 23.5. The lowest BCUT2D eigenvalue weighted by Crippen LogP contribution is -2.31. The molecule has 0 atom stereocenters. The molecule has 0 saturated carbocycles. The number of thioether (sulfide) groups is 1. The molecule has 12 heteroatoms. The smallest absolute Gasteiger partial charge is 0.274 e. The van der Waals surface area contributed by atoms with Crippen LogP contribution in [0.4, 0.5) is 5.69 Å². The van der Waals surface area contributed by atoms with E-state index in [0.29, 0.717) is 21.1 Å². The van der Waals surface area contributed by atoms with Gasteiger partial charge < -0.3 is 15.4 Å². The van der Waals surface area contributed by atoms with Gasteiger partial charge in [0.1, 0.15) is 11.8 Å². The molecule has 1 aliphatic rings. The molecule has 3 heterocycles. The van der Waals surface area contributed by atoms with Crippen LogP contribution in [0.25, 0.3) is 5.82 Å². The summed E-state index contributed by atoms with van der Waals surface area (Å²) in [6.45, 7) is 2.22. The molecule has 4 rings (SSSR count). The monoisotopic (exact) mass is 569 g/mol. The highest BCUT2D eigenvalue weighted by molar-refractivity contribution is 9.10. The maximum atomic E-state index is 13.4. The summed E-state index contributed by atoms with van der Waals surface area (Å²) in [6, 6.07) is 7.94. The minimum Gasteiger partial charge on any atom is -0.472 e. The highest BCUT2D eigenvalue weighted by Crippen LogP contribution is 2.32. The predicted octanol–water partition coefficient (Wildman–Crippen LogP) is 4.83. The van der Waals surface area contributed by atoms with Gasteiger partial charge in [-0.1, -0.05) is 23.2 Å². The highest BCUT2D eigenvalue weighted by atomic mass is 79.9. The van der Waals surface area contributed by atoms with Gasteiger partial charge in [-0.3, -0.25) is 9.59 Å². The third kappa shape index (κ3) is 5.29. The van der Waals surface area contributed by atoms with Crippen LogP contribution in [0, 0.1) is 0 Å². The number of rotatable bonds is 7. The second kappa shape index (κ2) is 10.3. The minimum atomic E-state index is -0.532. The molecule has 2 N–H and O–H groups in total. The molecule has 33 heavy (non-hydrogen) atoms. The number of aromatic nitrogens is 3.